The number of carbonyl (C=O) groups is 2. The smallest absolute Gasteiger partial charge is 0.255 e. The average molecular weight is 421 g/mol. The number of nitriles is 1. The van der Waals surface area contributed by atoms with E-state index in [1.807, 2.05) is 47.4 Å². The second-order valence-electron chi connectivity index (χ2n) is 7.48. The second-order valence-corrected chi connectivity index (χ2v) is 8.48. The molecule has 6 nitrogen and oxygen atoms in total. The third-order valence-electron chi connectivity index (χ3n) is 5.62. The molecule has 2 amide bonds. The molecule has 0 bridgehead atoms. The van der Waals surface area contributed by atoms with Crippen LogP contribution in [0.25, 0.3) is 0 Å². The predicted octanol–water partition coefficient (Wildman–Crippen LogP) is 2.81. The van der Waals surface area contributed by atoms with Crippen molar-refractivity contribution in [2.45, 2.75) is 12.5 Å². The molecule has 2 aromatic carbocycles. The van der Waals surface area contributed by atoms with Crippen LogP contribution >= 0.6 is 11.8 Å². The van der Waals surface area contributed by atoms with Crippen LogP contribution in [0, 0.1) is 11.3 Å². The van der Waals surface area contributed by atoms with Crippen LogP contribution in [0.15, 0.2) is 54.6 Å². The van der Waals surface area contributed by atoms with E-state index in [0.717, 1.165) is 25.2 Å². The number of anilines is 1. The Morgan fingerprint density at radius 2 is 1.73 bits per heavy atom. The molecule has 0 N–H and O–H groups in total. The molecule has 2 aliphatic rings. The van der Waals surface area contributed by atoms with Crippen LogP contribution in [0.2, 0.25) is 0 Å². The van der Waals surface area contributed by atoms with Gasteiger partial charge in [-0.1, -0.05) is 18.2 Å². The lowest BCUT2D eigenvalue weighted by atomic mass is 10.1. The molecule has 2 aliphatic heterocycles. The quantitative estimate of drug-likeness (QED) is 0.764. The normalized spacial score (nSPS) is 19.3. The molecule has 1 unspecified atom stereocenters. The summed E-state index contributed by atoms with van der Waals surface area (Å²) >= 11 is 1.63. The third kappa shape index (κ3) is 4.29. The number of benzene rings is 2. The highest BCUT2D eigenvalue weighted by Crippen LogP contribution is 2.25. The van der Waals surface area contributed by atoms with E-state index >= 15 is 0 Å². The zero-order valence-electron chi connectivity index (χ0n) is 16.7. The van der Waals surface area contributed by atoms with Crippen molar-refractivity contribution in [2.75, 3.05) is 42.7 Å². The van der Waals surface area contributed by atoms with Crippen molar-refractivity contribution >= 4 is 29.3 Å². The minimum atomic E-state index is -0.399. The van der Waals surface area contributed by atoms with E-state index < -0.39 is 6.04 Å². The van der Waals surface area contributed by atoms with Crippen molar-refractivity contribution < 1.29 is 9.59 Å². The highest BCUT2D eigenvalue weighted by molar-refractivity contribution is 7.99. The highest BCUT2D eigenvalue weighted by atomic mass is 32.2. The Kier molecular flexibility index (Phi) is 6.24. The molecule has 2 aromatic rings. The maximum absolute atomic E-state index is 13.3. The minimum absolute atomic E-state index is 0.0472. The van der Waals surface area contributed by atoms with E-state index in [0.29, 0.717) is 35.8 Å². The Labute approximate surface area is 181 Å². The Morgan fingerprint density at radius 3 is 2.47 bits per heavy atom. The minimum Gasteiger partial charge on any atom is -0.370 e. The molecule has 0 aromatic heterocycles. The standard InChI is InChI=1S/C23H24N4O2S/c24-15-18-7-9-20(10-8-18)25-11-4-12-26(14-13-25)23(29)21-16-30-17-27(21)22(28)19-5-2-1-3-6-19/h1-3,5-10,21H,4,11-14,16-17H2. The van der Waals surface area contributed by atoms with Crippen LogP contribution in [0.1, 0.15) is 22.3 Å². The molecular formula is C23H24N4O2S. The van der Waals surface area contributed by atoms with Gasteiger partial charge in [-0.25, -0.2) is 0 Å². The summed E-state index contributed by atoms with van der Waals surface area (Å²) in [6.45, 7) is 2.93. The summed E-state index contributed by atoms with van der Waals surface area (Å²) in [7, 11) is 0. The first-order valence-corrected chi connectivity index (χ1v) is 11.3. The molecule has 30 heavy (non-hydrogen) atoms. The Hall–Kier alpha value is -2.98. The van der Waals surface area contributed by atoms with E-state index in [2.05, 4.69) is 11.0 Å². The fraction of sp³-hybridized carbons (Fsp3) is 0.348. The van der Waals surface area contributed by atoms with E-state index in [1.165, 1.54) is 0 Å². The van der Waals surface area contributed by atoms with Gasteiger partial charge in [0.2, 0.25) is 5.91 Å². The molecule has 0 radical (unpaired) electrons. The van der Waals surface area contributed by atoms with Gasteiger partial charge in [-0.2, -0.15) is 5.26 Å². The lowest BCUT2D eigenvalue weighted by Gasteiger charge is -2.29. The average Bonchev–Trinajstić information content (AvgIpc) is 3.16. The van der Waals surface area contributed by atoms with Gasteiger partial charge < -0.3 is 14.7 Å². The van der Waals surface area contributed by atoms with Crippen LogP contribution in [0.3, 0.4) is 0 Å². The van der Waals surface area contributed by atoms with Gasteiger partial charge >= 0.3 is 0 Å². The van der Waals surface area contributed by atoms with Crippen LogP contribution in [-0.2, 0) is 4.79 Å². The first-order valence-electron chi connectivity index (χ1n) is 10.1. The molecule has 2 fully saturated rings. The van der Waals surface area contributed by atoms with Crippen molar-refractivity contribution in [1.82, 2.24) is 9.80 Å². The van der Waals surface area contributed by atoms with E-state index in [9.17, 15) is 9.59 Å². The van der Waals surface area contributed by atoms with Crippen molar-refractivity contribution in [2.24, 2.45) is 0 Å². The number of hydrogen-bond acceptors (Lipinski definition) is 5. The zero-order valence-corrected chi connectivity index (χ0v) is 17.6. The summed E-state index contributed by atoms with van der Waals surface area (Å²) in [6, 6.07) is 18.5. The first-order chi connectivity index (χ1) is 14.7. The maximum Gasteiger partial charge on any atom is 0.255 e. The number of carbonyl (C=O) groups excluding carboxylic acids is 2. The molecule has 2 heterocycles. The zero-order chi connectivity index (χ0) is 20.9. The number of thioether (sulfide) groups is 1. The lowest BCUT2D eigenvalue weighted by Crippen LogP contribution is -2.49. The Morgan fingerprint density at radius 1 is 0.967 bits per heavy atom. The van der Waals surface area contributed by atoms with Gasteiger partial charge in [-0.05, 0) is 42.8 Å². The SMILES string of the molecule is N#Cc1ccc(N2CCCN(C(=O)C3CSCN3C(=O)c3ccccc3)CC2)cc1. The van der Waals surface area contributed by atoms with Crippen molar-refractivity contribution in [3.8, 4) is 6.07 Å². The summed E-state index contributed by atoms with van der Waals surface area (Å²) in [4.78, 5) is 32.1. The maximum atomic E-state index is 13.3. The number of rotatable bonds is 3. The molecule has 154 valence electrons. The molecule has 0 aliphatic carbocycles. The summed E-state index contributed by atoms with van der Waals surface area (Å²) < 4.78 is 0. The van der Waals surface area contributed by atoms with E-state index in [1.54, 1.807) is 28.8 Å². The Bertz CT molecular complexity index is 942. The van der Waals surface area contributed by atoms with Gasteiger partial charge in [-0.15, -0.1) is 11.8 Å². The summed E-state index contributed by atoms with van der Waals surface area (Å²) in [5.74, 6) is 1.17. The molecule has 4 rings (SSSR count). The number of hydrogen-bond donors (Lipinski definition) is 0. The number of amides is 2. The highest BCUT2D eigenvalue weighted by Gasteiger charge is 2.37. The third-order valence-corrected chi connectivity index (χ3v) is 6.63. The topological polar surface area (TPSA) is 67.7 Å². The van der Waals surface area contributed by atoms with Gasteiger partial charge in [-0.3, -0.25) is 9.59 Å². The van der Waals surface area contributed by atoms with Gasteiger partial charge in [0, 0.05) is 43.2 Å². The number of nitrogens with zero attached hydrogens (tertiary/aromatic N) is 4. The molecule has 7 heteroatoms. The summed E-state index contributed by atoms with van der Waals surface area (Å²) in [5, 5.41) is 8.98. The van der Waals surface area contributed by atoms with Gasteiger partial charge in [0.1, 0.15) is 6.04 Å². The van der Waals surface area contributed by atoms with Crippen molar-refractivity contribution in [3.63, 3.8) is 0 Å². The lowest BCUT2D eigenvalue weighted by molar-refractivity contribution is -0.134. The van der Waals surface area contributed by atoms with Gasteiger partial charge in [0.05, 0.1) is 17.5 Å². The van der Waals surface area contributed by atoms with Gasteiger partial charge in [0.25, 0.3) is 5.91 Å². The molecule has 0 saturated carbocycles. The Balaban J connectivity index is 1.41. The fourth-order valence-corrected chi connectivity index (χ4v) is 5.09. The van der Waals surface area contributed by atoms with Crippen molar-refractivity contribution in [3.05, 3.63) is 65.7 Å². The van der Waals surface area contributed by atoms with E-state index in [-0.39, 0.29) is 11.8 Å². The predicted molar refractivity (Wildman–Crippen MR) is 118 cm³/mol. The van der Waals surface area contributed by atoms with Crippen LogP contribution in [0.5, 0.6) is 0 Å². The summed E-state index contributed by atoms with van der Waals surface area (Å²) in [5.41, 5.74) is 2.34. The molecule has 2 saturated heterocycles. The van der Waals surface area contributed by atoms with Crippen LogP contribution in [-0.4, -0.2) is 65.5 Å². The van der Waals surface area contributed by atoms with Gasteiger partial charge in [0.15, 0.2) is 0 Å². The largest absolute Gasteiger partial charge is 0.370 e. The first kappa shape index (κ1) is 20.3. The molecule has 0 spiro atoms. The van der Waals surface area contributed by atoms with Crippen LogP contribution < -0.4 is 4.90 Å². The van der Waals surface area contributed by atoms with Crippen LogP contribution in [0.4, 0.5) is 5.69 Å². The monoisotopic (exact) mass is 420 g/mol. The van der Waals surface area contributed by atoms with E-state index in [4.69, 9.17) is 5.26 Å². The molecule has 1 atom stereocenters. The summed E-state index contributed by atoms with van der Waals surface area (Å²) in [6.07, 6.45) is 0.873. The fourth-order valence-electron chi connectivity index (χ4n) is 3.95. The second kappa shape index (κ2) is 9.23. The van der Waals surface area contributed by atoms with Crippen molar-refractivity contribution in [1.29, 1.82) is 5.26 Å². The molecular weight excluding hydrogens is 396 g/mol.